The first kappa shape index (κ1) is 13.9. The van der Waals surface area contributed by atoms with Gasteiger partial charge >= 0.3 is 12.6 Å². The third-order valence-electron chi connectivity index (χ3n) is 2.10. The quantitative estimate of drug-likeness (QED) is 0.825. The second-order valence-electron chi connectivity index (χ2n) is 3.14. The van der Waals surface area contributed by atoms with Crippen molar-refractivity contribution in [2.45, 2.75) is 13.2 Å². The van der Waals surface area contributed by atoms with Crippen molar-refractivity contribution in [3.63, 3.8) is 0 Å². The van der Waals surface area contributed by atoms with E-state index in [4.69, 9.17) is 10.4 Å². The van der Waals surface area contributed by atoms with Crippen LogP contribution in [0.3, 0.4) is 0 Å². The van der Waals surface area contributed by atoms with Crippen LogP contribution in [0.1, 0.15) is 21.5 Å². The number of carbonyl (C=O) groups is 1. The number of hydrogen-bond donors (Lipinski definition) is 1. The van der Waals surface area contributed by atoms with Crippen LogP contribution in [0.25, 0.3) is 0 Å². The maximum Gasteiger partial charge on any atom is 0.387 e. The zero-order chi connectivity index (χ0) is 13.7. The van der Waals surface area contributed by atoms with Gasteiger partial charge in [0.15, 0.2) is 0 Å². The van der Waals surface area contributed by atoms with E-state index in [-0.39, 0.29) is 22.4 Å². The van der Waals surface area contributed by atoms with Gasteiger partial charge in [-0.15, -0.1) is 0 Å². The predicted molar refractivity (Wildman–Crippen MR) is 55.1 cm³/mol. The first-order valence-corrected chi connectivity index (χ1v) is 4.74. The van der Waals surface area contributed by atoms with Crippen LogP contribution in [0.2, 0.25) is 0 Å². The minimum Gasteiger partial charge on any atom is -0.465 e. The number of nitrogens with zero attached hydrogens (tertiary/aromatic N) is 1. The molecule has 0 bridgehead atoms. The van der Waals surface area contributed by atoms with E-state index in [1.807, 2.05) is 0 Å². The van der Waals surface area contributed by atoms with E-state index in [0.717, 1.165) is 19.2 Å². The molecule has 1 aromatic rings. The molecule has 7 heteroatoms. The highest BCUT2D eigenvalue weighted by Gasteiger charge is 2.19. The molecule has 1 rings (SSSR count). The van der Waals surface area contributed by atoms with Gasteiger partial charge in [0, 0.05) is 0 Å². The Kier molecular flexibility index (Phi) is 4.57. The summed E-state index contributed by atoms with van der Waals surface area (Å²) in [7, 11) is 1.11. The topological polar surface area (TPSA) is 79.6 Å². The van der Waals surface area contributed by atoms with E-state index >= 15 is 0 Å². The van der Waals surface area contributed by atoms with Crippen molar-refractivity contribution in [3.8, 4) is 11.8 Å². The highest BCUT2D eigenvalue weighted by Crippen LogP contribution is 2.24. The number of aliphatic hydroxyl groups is 1. The number of hydrogen-bond acceptors (Lipinski definition) is 5. The summed E-state index contributed by atoms with van der Waals surface area (Å²) in [4.78, 5) is 11.4. The highest BCUT2D eigenvalue weighted by atomic mass is 19.3. The Morgan fingerprint density at radius 1 is 1.56 bits per heavy atom. The molecule has 18 heavy (non-hydrogen) atoms. The van der Waals surface area contributed by atoms with Crippen molar-refractivity contribution in [1.82, 2.24) is 0 Å². The van der Waals surface area contributed by atoms with Gasteiger partial charge in [-0.05, 0) is 17.7 Å². The zero-order valence-electron chi connectivity index (χ0n) is 9.31. The Morgan fingerprint density at radius 3 is 2.67 bits per heavy atom. The molecule has 0 spiro atoms. The molecule has 0 unspecified atom stereocenters. The summed E-state index contributed by atoms with van der Waals surface area (Å²) in [5.74, 6) is -1.14. The summed E-state index contributed by atoms with van der Waals surface area (Å²) in [6.07, 6.45) is 0. The molecular formula is C11H9F2NO4. The molecule has 0 aliphatic heterocycles. The molecule has 0 fully saturated rings. The lowest BCUT2D eigenvalue weighted by Crippen LogP contribution is -2.10. The number of rotatable bonds is 4. The number of methoxy groups -OCH3 is 1. The maximum atomic E-state index is 12.1. The Bertz CT molecular complexity index is 497. The van der Waals surface area contributed by atoms with Crippen molar-refractivity contribution < 1.29 is 28.2 Å². The fraction of sp³-hybridized carbons (Fsp3) is 0.273. The number of alkyl halides is 2. The van der Waals surface area contributed by atoms with E-state index in [9.17, 15) is 13.6 Å². The van der Waals surface area contributed by atoms with Gasteiger partial charge in [-0.2, -0.15) is 14.0 Å². The first-order valence-electron chi connectivity index (χ1n) is 4.74. The van der Waals surface area contributed by atoms with Crippen LogP contribution in [0, 0.1) is 11.3 Å². The second-order valence-corrected chi connectivity index (χ2v) is 3.14. The average Bonchev–Trinajstić information content (AvgIpc) is 2.35. The summed E-state index contributed by atoms with van der Waals surface area (Å²) >= 11 is 0. The van der Waals surface area contributed by atoms with Crippen molar-refractivity contribution in [2.24, 2.45) is 0 Å². The summed E-state index contributed by atoms with van der Waals surface area (Å²) in [5, 5.41) is 17.9. The lowest BCUT2D eigenvalue weighted by Gasteiger charge is -2.11. The van der Waals surface area contributed by atoms with Gasteiger partial charge in [-0.1, -0.05) is 0 Å². The third-order valence-corrected chi connectivity index (χ3v) is 2.10. The molecule has 5 nitrogen and oxygen atoms in total. The Morgan fingerprint density at radius 2 is 2.22 bits per heavy atom. The molecule has 0 atom stereocenters. The molecule has 1 aromatic carbocycles. The molecule has 0 aliphatic carbocycles. The van der Waals surface area contributed by atoms with Gasteiger partial charge in [0.1, 0.15) is 11.8 Å². The van der Waals surface area contributed by atoms with Crippen LogP contribution >= 0.6 is 0 Å². The third kappa shape index (κ3) is 2.93. The van der Waals surface area contributed by atoms with Crippen molar-refractivity contribution in [2.75, 3.05) is 7.11 Å². The molecule has 0 saturated heterocycles. The molecule has 0 aromatic heterocycles. The van der Waals surface area contributed by atoms with E-state index in [0.29, 0.717) is 0 Å². The van der Waals surface area contributed by atoms with E-state index in [2.05, 4.69) is 9.47 Å². The molecule has 0 amide bonds. The lowest BCUT2D eigenvalue weighted by atomic mass is 10.0. The summed E-state index contributed by atoms with van der Waals surface area (Å²) in [5.41, 5.74) is -0.385. The minimum atomic E-state index is -3.06. The van der Waals surface area contributed by atoms with Gasteiger partial charge in [-0.3, -0.25) is 0 Å². The fourth-order valence-corrected chi connectivity index (χ4v) is 1.40. The summed E-state index contributed by atoms with van der Waals surface area (Å²) in [6.45, 7) is -3.67. The zero-order valence-corrected chi connectivity index (χ0v) is 9.31. The smallest absolute Gasteiger partial charge is 0.387 e. The largest absolute Gasteiger partial charge is 0.465 e. The number of ether oxygens (including phenoxy) is 2. The molecule has 1 N–H and O–H groups in total. The van der Waals surface area contributed by atoms with Crippen molar-refractivity contribution in [3.05, 3.63) is 28.8 Å². The van der Waals surface area contributed by atoms with Gasteiger partial charge in [0.05, 0.1) is 24.8 Å². The van der Waals surface area contributed by atoms with Crippen LogP contribution < -0.4 is 4.74 Å². The second kappa shape index (κ2) is 5.93. The first-order chi connectivity index (χ1) is 8.53. The van der Waals surface area contributed by atoms with Gasteiger partial charge in [0.25, 0.3) is 0 Å². The number of aliphatic hydroxyl groups excluding tert-OH is 1. The number of halogens is 2. The standard InChI is InChI=1S/C11H9F2NO4/c1-17-10(16)9-6(4-14)2-8(18-11(12)13)3-7(9)5-15/h2-3,11,15H,5H2,1H3. The van der Waals surface area contributed by atoms with Crippen LogP contribution in [0.15, 0.2) is 12.1 Å². The molecule has 0 saturated carbocycles. The van der Waals surface area contributed by atoms with Crippen LogP contribution in [0.4, 0.5) is 8.78 Å². The fourth-order valence-electron chi connectivity index (χ4n) is 1.40. The summed E-state index contributed by atoms with van der Waals surface area (Å²) < 4.78 is 32.7. The average molecular weight is 257 g/mol. The number of esters is 1. The van der Waals surface area contributed by atoms with Crippen LogP contribution in [-0.2, 0) is 11.3 Å². The molecule has 0 heterocycles. The Hall–Kier alpha value is -2.20. The SMILES string of the molecule is COC(=O)c1c(C#N)cc(OC(F)F)cc1CO. The Balaban J connectivity index is 3.35. The van der Waals surface area contributed by atoms with Gasteiger partial charge in [0.2, 0.25) is 0 Å². The number of carbonyl (C=O) groups excluding carboxylic acids is 1. The van der Waals surface area contributed by atoms with Crippen molar-refractivity contribution in [1.29, 1.82) is 5.26 Å². The Labute approximate surface area is 101 Å². The van der Waals surface area contributed by atoms with Crippen molar-refractivity contribution >= 4 is 5.97 Å². The van der Waals surface area contributed by atoms with Crippen LogP contribution in [-0.4, -0.2) is 24.8 Å². The van der Waals surface area contributed by atoms with E-state index in [1.54, 1.807) is 6.07 Å². The minimum absolute atomic E-state index is 0.0171. The van der Waals surface area contributed by atoms with Crippen LogP contribution in [0.5, 0.6) is 5.75 Å². The van der Waals surface area contributed by atoms with Gasteiger partial charge in [-0.25, -0.2) is 4.79 Å². The monoisotopic (exact) mass is 257 g/mol. The van der Waals surface area contributed by atoms with Gasteiger partial charge < -0.3 is 14.6 Å². The number of benzene rings is 1. The highest BCUT2D eigenvalue weighted by molar-refractivity contribution is 5.94. The maximum absolute atomic E-state index is 12.1. The lowest BCUT2D eigenvalue weighted by molar-refractivity contribution is -0.0499. The normalized spacial score (nSPS) is 10.0. The van der Waals surface area contributed by atoms with E-state index in [1.165, 1.54) is 0 Å². The molecule has 0 aliphatic rings. The molecular weight excluding hydrogens is 248 g/mol. The summed E-state index contributed by atoms with van der Waals surface area (Å²) in [6, 6.07) is 3.70. The molecule has 96 valence electrons. The predicted octanol–water partition coefficient (Wildman–Crippen LogP) is 1.44. The number of nitriles is 1. The van der Waals surface area contributed by atoms with E-state index < -0.39 is 19.2 Å². The molecule has 0 radical (unpaired) electrons.